The zero-order valence-corrected chi connectivity index (χ0v) is 10.2. The summed E-state index contributed by atoms with van der Waals surface area (Å²) < 4.78 is 37.6. The first-order valence-corrected chi connectivity index (χ1v) is 6.06. The van der Waals surface area contributed by atoms with Crippen LogP contribution in [-0.2, 0) is 0 Å². The van der Waals surface area contributed by atoms with E-state index < -0.39 is 12.7 Å². The fraction of sp³-hybridized carbons (Fsp3) is 0.538. The highest BCUT2D eigenvalue weighted by Crippen LogP contribution is 2.34. The van der Waals surface area contributed by atoms with Crippen LogP contribution in [0, 0.1) is 0 Å². The summed E-state index contributed by atoms with van der Waals surface area (Å²) >= 11 is 0. The van der Waals surface area contributed by atoms with Crippen LogP contribution in [0.3, 0.4) is 0 Å². The Bertz CT molecular complexity index is 394. The molecule has 2 rings (SSSR count). The minimum absolute atomic E-state index is 0.0350. The van der Waals surface area contributed by atoms with Crippen molar-refractivity contribution < 1.29 is 13.2 Å². The zero-order chi connectivity index (χ0) is 13.3. The topological polar surface area (TPSA) is 29.3 Å². The van der Waals surface area contributed by atoms with Crippen molar-refractivity contribution in [1.29, 1.82) is 0 Å². The molecule has 0 amide bonds. The van der Waals surface area contributed by atoms with Crippen LogP contribution in [0.2, 0.25) is 0 Å². The van der Waals surface area contributed by atoms with E-state index in [9.17, 15) is 13.2 Å². The fourth-order valence-electron chi connectivity index (χ4n) is 1.98. The Morgan fingerprint density at radius 1 is 1.28 bits per heavy atom. The van der Waals surface area contributed by atoms with Gasteiger partial charge in [0.25, 0.3) is 0 Å². The molecule has 5 heteroatoms. The molecule has 100 valence electrons. The van der Waals surface area contributed by atoms with Gasteiger partial charge in [-0.3, -0.25) is 0 Å². The Morgan fingerprint density at radius 3 is 2.22 bits per heavy atom. The van der Waals surface area contributed by atoms with Crippen LogP contribution in [0.25, 0.3) is 0 Å². The van der Waals surface area contributed by atoms with Crippen molar-refractivity contribution >= 4 is 5.69 Å². The summed E-state index contributed by atoms with van der Waals surface area (Å²) in [7, 11) is 0. The summed E-state index contributed by atoms with van der Waals surface area (Å²) in [6.07, 6.45) is -2.49. The van der Waals surface area contributed by atoms with Crippen molar-refractivity contribution in [2.75, 3.05) is 11.4 Å². The minimum Gasteiger partial charge on any atom is -0.360 e. The molecule has 0 aromatic heterocycles. The molecule has 1 aromatic carbocycles. The molecule has 2 nitrogen and oxygen atoms in total. The van der Waals surface area contributed by atoms with Crippen molar-refractivity contribution in [3.8, 4) is 0 Å². The van der Waals surface area contributed by atoms with Gasteiger partial charge in [0.15, 0.2) is 0 Å². The van der Waals surface area contributed by atoms with E-state index >= 15 is 0 Å². The Kier molecular flexibility index (Phi) is 3.52. The summed E-state index contributed by atoms with van der Waals surface area (Å²) in [5.74, 6) is 0. The lowest BCUT2D eigenvalue weighted by atomic mass is 10.1. The summed E-state index contributed by atoms with van der Waals surface area (Å²) in [5.41, 5.74) is 7.28. The molecule has 1 saturated carbocycles. The predicted molar refractivity (Wildman–Crippen MR) is 65.5 cm³/mol. The smallest absolute Gasteiger partial charge is 0.360 e. The van der Waals surface area contributed by atoms with Crippen LogP contribution in [0.1, 0.15) is 31.4 Å². The first-order valence-electron chi connectivity index (χ1n) is 6.06. The van der Waals surface area contributed by atoms with Gasteiger partial charge in [-0.25, -0.2) is 0 Å². The number of nitrogens with two attached hydrogens (primary N) is 1. The van der Waals surface area contributed by atoms with Crippen molar-refractivity contribution in [3.63, 3.8) is 0 Å². The van der Waals surface area contributed by atoms with E-state index in [1.165, 1.54) is 4.90 Å². The largest absolute Gasteiger partial charge is 0.405 e. The van der Waals surface area contributed by atoms with Crippen LogP contribution in [0.15, 0.2) is 24.3 Å². The molecule has 0 aliphatic heterocycles. The maximum atomic E-state index is 12.5. The second kappa shape index (κ2) is 4.80. The summed E-state index contributed by atoms with van der Waals surface area (Å²) in [6, 6.07) is 6.98. The minimum atomic E-state index is -4.16. The molecule has 2 N–H and O–H groups in total. The summed E-state index contributed by atoms with van der Waals surface area (Å²) in [4.78, 5) is 1.44. The monoisotopic (exact) mass is 258 g/mol. The van der Waals surface area contributed by atoms with Gasteiger partial charge in [0, 0.05) is 17.8 Å². The second-order valence-corrected chi connectivity index (χ2v) is 4.85. The molecule has 0 spiro atoms. The van der Waals surface area contributed by atoms with E-state index in [0.29, 0.717) is 5.69 Å². The lowest BCUT2D eigenvalue weighted by Crippen LogP contribution is -2.35. The summed E-state index contributed by atoms with van der Waals surface area (Å²) in [6.45, 7) is 0.971. The molecule has 18 heavy (non-hydrogen) atoms. The first-order chi connectivity index (χ1) is 8.37. The molecule has 0 saturated heterocycles. The molecule has 1 atom stereocenters. The third-order valence-corrected chi connectivity index (χ3v) is 3.09. The highest BCUT2D eigenvalue weighted by molar-refractivity contribution is 5.50. The van der Waals surface area contributed by atoms with Crippen LogP contribution in [0.5, 0.6) is 0 Å². The third-order valence-electron chi connectivity index (χ3n) is 3.09. The van der Waals surface area contributed by atoms with Gasteiger partial charge in [-0.15, -0.1) is 0 Å². The quantitative estimate of drug-likeness (QED) is 0.898. The lowest BCUT2D eigenvalue weighted by molar-refractivity contribution is -0.120. The Balaban J connectivity index is 2.15. The van der Waals surface area contributed by atoms with Crippen LogP contribution in [0.4, 0.5) is 18.9 Å². The molecule has 1 aliphatic carbocycles. The van der Waals surface area contributed by atoms with Crippen molar-refractivity contribution in [3.05, 3.63) is 29.8 Å². The molecule has 0 bridgehead atoms. The average molecular weight is 258 g/mol. The average Bonchev–Trinajstić information content (AvgIpc) is 3.08. The highest BCUT2D eigenvalue weighted by Gasteiger charge is 2.38. The van der Waals surface area contributed by atoms with E-state index in [0.717, 1.165) is 18.4 Å². The lowest BCUT2D eigenvalue weighted by Gasteiger charge is -2.26. The predicted octanol–water partition coefficient (Wildman–Crippen LogP) is 3.24. The summed E-state index contributed by atoms with van der Waals surface area (Å²) in [5, 5.41) is 0. The highest BCUT2D eigenvalue weighted by atomic mass is 19.4. The van der Waals surface area contributed by atoms with Crippen molar-refractivity contribution in [2.24, 2.45) is 5.73 Å². The van der Waals surface area contributed by atoms with Gasteiger partial charge in [-0.2, -0.15) is 13.2 Å². The number of rotatable bonds is 4. The normalized spacial score (nSPS) is 17.6. The molecular weight excluding hydrogens is 241 g/mol. The number of hydrogen-bond donors (Lipinski definition) is 1. The second-order valence-electron chi connectivity index (χ2n) is 4.85. The number of nitrogens with zero attached hydrogens (tertiary/aromatic N) is 1. The molecular formula is C13H17F3N2. The van der Waals surface area contributed by atoms with E-state index in [-0.39, 0.29) is 12.1 Å². The molecule has 1 aromatic rings. The number of alkyl halides is 3. The van der Waals surface area contributed by atoms with Crippen LogP contribution in [-0.4, -0.2) is 18.8 Å². The van der Waals surface area contributed by atoms with E-state index in [1.54, 1.807) is 24.3 Å². The first kappa shape index (κ1) is 13.2. The SMILES string of the molecule is C[C@H](N)c1ccc(N(CC(F)(F)F)C2CC2)cc1. The number of benzene rings is 1. The third kappa shape index (κ3) is 3.38. The molecule has 0 heterocycles. The van der Waals surface area contributed by atoms with E-state index in [2.05, 4.69) is 0 Å². The van der Waals surface area contributed by atoms with Gasteiger partial charge in [-0.1, -0.05) is 12.1 Å². The van der Waals surface area contributed by atoms with Gasteiger partial charge in [0.1, 0.15) is 6.54 Å². The van der Waals surface area contributed by atoms with Crippen molar-refractivity contribution in [1.82, 2.24) is 0 Å². The van der Waals surface area contributed by atoms with Crippen LogP contribution < -0.4 is 10.6 Å². The maximum Gasteiger partial charge on any atom is 0.405 e. The number of hydrogen-bond acceptors (Lipinski definition) is 2. The van der Waals surface area contributed by atoms with E-state index in [1.807, 2.05) is 6.92 Å². The Morgan fingerprint density at radius 2 is 1.83 bits per heavy atom. The number of anilines is 1. The van der Waals surface area contributed by atoms with E-state index in [4.69, 9.17) is 5.73 Å². The van der Waals surface area contributed by atoms with Gasteiger partial charge < -0.3 is 10.6 Å². The van der Waals surface area contributed by atoms with Crippen LogP contribution >= 0.6 is 0 Å². The van der Waals surface area contributed by atoms with Gasteiger partial charge in [-0.05, 0) is 37.5 Å². The Hall–Kier alpha value is -1.23. The van der Waals surface area contributed by atoms with Gasteiger partial charge >= 0.3 is 6.18 Å². The maximum absolute atomic E-state index is 12.5. The standard InChI is InChI=1S/C13H17F3N2/c1-9(17)10-2-4-11(5-3-10)18(12-6-7-12)8-13(14,15)16/h2-5,9,12H,6-8,17H2,1H3/t9-/m0/s1. The molecule has 1 aliphatic rings. The fourth-order valence-corrected chi connectivity index (χ4v) is 1.98. The van der Waals surface area contributed by atoms with Gasteiger partial charge in [0.05, 0.1) is 0 Å². The molecule has 1 fully saturated rings. The Labute approximate surface area is 105 Å². The molecule has 0 radical (unpaired) electrons. The number of halogens is 3. The van der Waals surface area contributed by atoms with Crippen molar-refractivity contribution in [2.45, 2.75) is 38.0 Å². The zero-order valence-electron chi connectivity index (χ0n) is 10.2. The molecule has 0 unspecified atom stereocenters. The van der Waals surface area contributed by atoms with Gasteiger partial charge in [0.2, 0.25) is 0 Å².